The number of hydrogen-bond acceptors (Lipinski definition) is 3. The Morgan fingerprint density at radius 3 is 2.56 bits per heavy atom. The van der Waals surface area contributed by atoms with E-state index in [4.69, 9.17) is 0 Å². The molecule has 1 amide bonds. The lowest BCUT2D eigenvalue weighted by Gasteiger charge is -2.44. The normalized spacial score (nSPS) is 33.1. The van der Waals surface area contributed by atoms with Gasteiger partial charge in [-0.15, -0.1) is 11.8 Å². The number of thioether (sulfide) groups is 1. The van der Waals surface area contributed by atoms with Crippen LogP contribution in [0, 0.1) is 0 Å². The molecule has 2 aliphatic heterocycles. The van der Waals surface area contributed by atoms with Gasteiger partial charge in [0, 0.05) is 17.1 Å². The third-order valence-corrected chi connectivity index (χ3v) is 5.15. The van der Waals surface area contributed by atoms with Crippen molar-refractivity contribution in [3.05, 3.63) is 24.5 Å². The molecule has 1 aromatic heterocycles. The zero-order valence-electron chi connectivity index (χ0n) is 10.1. The van der Waals surface area contributed by atoms with Gasteiger partial charge in [0.15, 0.2) is 0 Å². The van der Waals surface area contributed by atoms with Crippen LogP contribution in [-0.4, -0.2) is 42.6 Å². The zero-order valence-corrected chi connectivity index (χ0v) is 10.9. The van der Waals surface area contributed by atoms with Gasteiger partial charge in [-0.05, 0) is 26.0 Å². The minimum Gasteiger partial charge on any atom is -0.480 e. The van der Waals surface area contributed by atoms with Gasteiger partial charge in [-0.2, -0.15) is 0 Å². The van der Waals surface area contributed by atoms with E-state index in [9.17, 15) is 14.7 Å². The van der Waals surface area contributed by atoms with Crippen molar-refractivity contribution in [3.63, 3.8) is 0 Å². The summed E-state index contributed by atoms with van der Waals surface area (Å²) in [7, 11) is 0. The number of hydrogen-bond donors (Lipinski definition) is 1. The molecule has 1 N–H and O–H groups in total. The van der Waals surface area contributed by atoms with Gasteiger partial charge in [0.05, 0.1) is 0 Å². The molecule has 0 aliphatic carbocycles. The van der Waals surface area contributed by atoms with Crippen molar-refractivity contribution in [3.8, 4) is 0 Å². The van der Waals surface area contributed by atoms with E-state index in [0.29, 0.717) is 0 Å². The summed E-state index contributed by atoms with van der Waals surface area (Å²) >= 11 is 1.57. The Balaban J connectivity index is 1.93. The standard InChI is InChI=1S/C12H14N2O3S/c1-12(2)8(11(16)17)14-9(15)7(10(14)18-12)13-5-3-4-6-13/h3-8,10H,1-2H3,(H,16,17)/t7-,8+,10-/m1/s1. The van der Waals surface area contributed by atoms with E-state index >= 15 is 0 Å². The number of carbonyl (C=O) groups excluding carboxylic acids is 1. The molecule has 3 heterocycles. The van der Waals surface area contributed by atoms with Gasteiger partial charge in [0.25, 0.3) is 0 Å². The van der Waals surface area contributed by atoms with E-state index in [1.807, 2.05) is 42.9 Å². The van der Waals surface area contributed by atoms with E-state index in [0.717, 1.165) is 0 Å². The lowest BCUT2D eigenvalue weighted by atomic mass is 9.96. The predicted octanol–water partition coefficient (Wildman–Crippen LogP) is 1.18. The minimum atomic E-state index is -0.922. The third kappa shape index (κ3) is 1.35. The molecule has 5 nitrogen and oxygen atoms in total. The van der Waals surface area contributed by atoms with Crippen molar-refractivity contribution in [2.75, 3.05) is 0 Å². The number of carbonyl (C=O) groups is 2. The number of aromatic nitrogens is 1. The van der Waals surface area contributed by atoms with E-state index in [2.05, 4.69) is 0 Å². The van der Waals surface area contributed by atoms with Crippen molar-refractivity contribution in [1.29, 1.82) is 0 Å². The summed E-state index contributed by atoms with van der Waals surface area (Å²) in [4.78, 5) is 25.0. The summed E-state index contributed by atoms with van der Waals surface area (Å²) in [6.07, 6.45) is 3.70. The van der Waals surface area contributed by atoms with Crippen LogP contribution >= 0.6 is 11.8 Å². The van der Waals surface area contributed by atoms with Gasteiger partial charge in [-0.1, -0.05) is 0 Å². The van der Waals surface area contributed by atoms with Crippen LogP contribution < -0.4 is 0 Å². The quantitative estimate of drug-likeness (QED) is 0.816. The molecular weight excluding hydrogens is 252 g/mol. The van der Waals surface area contributed by atoms with E-state index in [1.54, 1.807) is 11.8 Å². The highest BCUT2D eigenvalue weighted by Gasteiger charge is 2.64. The summed E-state index contributed by atoms with van der Waals surface area (Å²) in [6.45, 7) is 3.77. The number of β-lactam (4-membered cyclic amide) rings is 1. The summed E-state index contributed by atoms with van der Waals surface area (Å²) < 4.78 is 1.41. The molecule has 0 spiro atoms. The molecule has 6 heteroatoms. The smallest absolute Gasteiger partial charge is 0.327 e. The molecular formula is C12H14N2O3S. The largest absolute Gasteiger partial charge is 0.480 e. The topological polar surface area (TPSA) is 62.5 Å². The average molecular weight is 266 g/mol. The first kappa shape index (κ1) is 11.6. The highest BCUT2D eigenvalue weighted by Crippen LogP contribution is 2.54. The second-order valence-corrected chi connectivity index (χ2v) is 6.94. The summed E-state index contributed by atoms with van der Waals surface area (Å²) in [5.41, 5.74) is 0. The van der Waals surface area contributed by atoms with Crippen LogP contribution in [0.5, 0.6) is 0 Å². The van der Waals surface area contributed by atoms with Gasteiger partial charge in [0.2, 0.25) is 5.91 Å². The van der Waals surface area contributed by atoms with Crippen LogP contribution in [0.1, 0.15) is 19.9 Å². The molecule has 0 radical (unpaired) electrons. The molecule has 0 saturated carbocycles. The first-order valence-electron chi connectivity index (χ1n) is 5.79. The number of rotatable bonds is 2. The SMILES string of the molecule is CC1(C)S[C@@H]2[C@H](n3cccc3)C(=O)N2[C@H]1C(=O)O. The highest BCUT2D eigenvalue weighted by atomic mass is 32.2. The van der Waals surface area contributed by atoms with Crippen molar-refractivity contribution < 1.29 is 14.7 Å². The van der Waals surface area contributed by atoms with Gasteiger partial charge >= 0.3 is 5.97 Å². The number of carboxylic acids is 1. The Bertz CT molecular complexity index is 511. The third-order valence-electron chi connectivity index (χ3n) is 3.60. The fraction of sp³-hybridized carbons (Fsp3) is 0.500. The Labute approximate surface area is 109 Å². The maximum atomic E-state index is 12.2. The molecule has 1 aromatic rings. The second-order valence-electron chi connectivity index (χ2n) is 5.17. The minimum absolute atomic E-state index is 0.0685. The van der Waals surface area contributed by atoms with E-state index in [-0.39, 0.29) is 17.3 Å². The van der Waals surface area contributed by atoms with Crippen LogP contribution in [0.25, 0.3) is 0 Å². The van der Waals surface area contributed by atoms with Crippen LogP contribution in [-0.2, 0) is 9.59 Å². The Morgan fingerprint density at radius 2 is 2.00 bits per heavy atom. The maximum absolute atomic E-state index is 12.2. The molecule has 0 bridgehead atoms. The summed E-state index contributed by atoms with van der Waals surface area (Å²) in [5.74, 6) is -1.02. The van der Waals surface area contributed by atoms with Crippen LogP contribution in [0.3, 0.4) is 0 Å². The number of carboxylic acid groups (broad SMARTS) is 1. The molecule has 0 aromatic carbocycles. The van der Waals surface area contributed by atoms with Gasteiger partial charge in [-0.25, -0.2) is 4.79 Å². The number of fused-ring (bicyclic) bond motifs is 1. The molecule has 0 unspecified atom stereocenters. The van der Waals surface area contributed by atoms with Gasteiger partial charge in [0.1, 0.15) is 17.5 Å². The monoisotopic (exact) mass is 266 g/mol. The van der Waals surface area contributed by atoms with Crippen LogP contribution in [0.15, 0.2) is 24.5 Å². The molecule has 3 rings (SSSR count). The molecule has 2 aliphatic rings. The Hall–Kier alpha value is -1.43. The number of aliphatic carboxylic acids is 1. The predicted molar refractivity (Wildman–Crippen MR) is 67.2 cm³/mol. The molecule has 2 saturated heterocycles. The fourth-order valence-electron chi connectivity index (χ4n) is 2.80. The number of amides is 1. The molecule has 2 fully saturated rings. The average Bonchev–Trinajstić information content (AvgIpc) is 2.84. The van der Waals surface area contributed by atoms with E-state index < -0.39 is 16.8 Å². The summed E-state index contributed by atoms with van der Waals surface area (Å²) in [5, 5.41) is 9.22. The van der Waals surface area contributed by atoms with Crippen LogP contribution in [0.2, 0.25) is 0 Å². The number of nitrogens with zero attached hydrogens (tertiary/aromatic N) is 2. The maximum Gasteiger partial charge on any atom is 0.327 e. The Kier molecular flexibility index (Phi) is 2.29. The zero-order chi connectivity index (χ0) is 13.1. The van der Waals surface area contributed by atoms with Crippen molar-refractivity contribution in [2.45, 2.75) is 36.1 Å². The van der Waals surface area contributed by atoms with Crippen molar-refractivity contribution >= 4 is 23.6 Å². The molecule has 3 atom stereocenters. The van der Waals surface area contributed by atoms with Crippen LogP contribution in [0.4, 0.5) is 0 Å². The molecule has 18 heavy (non-hydrogen) atoms. The lowest BCUT2D eigenvalue weighted by Crippen LogP contribution is -2.62. The van der Waals surface area contributed by atoms with Crippen molar-refractivity contribution in [2.24, 2.45) is 0 Å². The van der Waals surface area contributed by atoms with Crippen molar-refractivity contribution in [1.82, 2.24) is 9.47 Å². The first-order valence-corrected chi connectivity index (χ1v) is 6.67. The summed E-state index contributed by atoms with van der Waals surface area (Å²) in [6, 6.07) is 2.76. The first-order chi connectivity index (χ1) is 8.43. The van der Waals surface area contributed by atoms with E-state index in [1.165, 1.54) is 4.90 Å². The fourth-order valence-corrected chi connectivity index (χ4v) is 4.49. The van der Waals surface area contributed by atoms with Gasteiger partial charge < -0.3 is 14.6 Å². The highest BCUT2D eigenvalue weighted by molar-refractivity contribution is 8.01. The lowest BCUT2D eigenvalue weighted by molar-refractivity contribution is -0.162. The Morgan fingerprint density at radius 1 is 1.39 bits per heavy atom. The molecule has 96 valence electrons. The van der Waals surface area contributed by atoms with Gasteiger partial charge in [-0.3, -0.25) is 4.79 Å². The second kappa shape index (κ2) is 3.54.